The van der Waals surface area contributed by atoms with Gasteiger partial charge in [0.1, 0.15) is 17.6 Å². The van der Waals surface area contributed by atoms with Crippen molar-refractivity contribution in [2.24, 2.45) is 0 Å². The molecule has 4 amide bonds. The molecule has 0 unspecified atom stereocenters. The summed E-state index contributed by atoms with van der Waals surface area (Å²) in [6.45, 7) is 1.56. The maximum Gasteiger partial charge on any atom is 0.325 e. The van der Waals surface area contributed by atoms with Gasteiger partial charge in [-0.2, -0.15) is 5.26 Å². The average Bonchev–Trinajstić information content (AvgIpc) is 2.94. The lowest BCUT2D eigenvalue weighted by Gasteiger charge is -2.32. The van der Waals surface area contributed by atoms with Crippen molar-refractivity contribution in [1.29, 1.82) is 5.26 Å². The Hall–Kier alpha value is -2.88. The van der Waals surface area contributed by atoms with Crippen molar-refractivity contribution >= 4 is 17.8 Å². The molecule has 1 saturated carbocycles. The summed E-state index contributed by atoms with van der Waals surface area (Å²) in [5.41, 5.74) is -1.33. The smallest absolute Gasteiger partial charge is 0.325 e. The van der Waals surface area contributed by atoms with Gasteiger partial charge < -0.3 is 10.6 Å². The molecule has 0 spiro atoms. The average molecular weight is 382 g/mol. The first-order chi connectivity index (χ1) is 13.5. The molecule has 7 nitrogen and oxygen atoms in total. The number of urea groups is 1. The van der Waals surface area contributed by atoms with Crippen molar-refractivity contribution < 1.29 is 14.4 Å². The Morgan fingerprint density at radius 1 is 1.21 bits per heavy atom. The molecule has 1 aliphatic carbocycles. The summed E-state index contributed by atoms with van der Waals surface area (Å²) in [6, 6.07) is 10.8. The standard InChI is InChI=1S/C21H26N4O3/c1-2-11-21(16-9-5-3-6-10-16)18(27)25(19(28)24-21)14-17(26)23-20(15-22)12-7-4-8-13-20/h3,5-6,9-10H,2,4,7-8,11-14H2,1H3,(H,23,26)(H,24,28)/t21-/m0/s1. The molecule has 148 valence electrons. The van der Waals surface area contributed by atoms with E-state index in [9.17, 15) is 19.6 Å². The Bertz CT molecular complexity index is 796. The molecule has 1 aliphatic heterocycles. The van der Waals surface area contributed by atoms with Gasteiger partial charge in [0.2, 0.25) is 5.91 Å². The molecule has 1 heterocycles. The van der Waals surface area contributed by atoms with Crippen LogP contribution in [-0.2, 0) is 15.1 Å². The van der Waals surface area contributed by atoms with Crippen LogP contribution in [0.25, 0.3) is 0 Å². The Balaban J connectivity index is 1.78. The van der Waals surface area contributed by atoms with Crippen LogP contribution in [0.1, 0.15) is 57.4 Å². The van der Waals surface area contributed by atoms with E-state index < -0.39 is 28.9 Å². The van der Waals surface area contributed by atoms with Crippen LogP contribution in [0, 0.1) is 11.3 Å². The van der Waals surface area contributed by atoms with Crippen LogP contribution in [0.5, 0.6) is 0 Å². The zero-order chi connectivity index (χ0) is 20.2. The van der Waals surface area contributed by atoms with Crippen molar-refractivity contribution in [3.63, 3.8) is 0 Å². The van der Waals surface area contributed by atoms with E-state index in [1.165, 1.54) is 0 Å². The molecule has 2 N–H and O–H groups in total. The minimum absolute atomic E-state index is 0.383. The predicted octanol–water partition coefficient (Wildman–Crippen LogP) is 2.58. The van der Waals surface area contributed by atoms with Gasteiger partial charge in [-0.05, 0) is 24.8 Å². The van der Waals surface area contributed by atoms with Gasteiger partial charge in [-0.3, -0.25) is 14.5 Å². The van der Waals surface area contributed by atoms with Crippen LogP contribution in [0.3, 0.4) is 0 Å². The topological polar surface area (TPSA) is 102 Å². The van der Waals surface area contributed by atoms with E-state index in [0.717, 1.165) is 24.2 Å². The van der Waals surface area contributed by atoms with Gasteiger partial charge in [-0.1, -0.05) is 62.9 Å². The van der Waals surface area contributed by atoms with Crippen molar-refractivity contribution in [3.8, 4) is 6.07 Å². The van der Waals surface area contributed by atoms with Gasteiger partial charge in [-0.15, -0.1) is 0 Å². The maximum atomic E-state index is 13.2. The first-order valence-corrected chi connectivity index (χ1v) is 9.88. The number of amides is 4. The summed E-state index contributed by atoms with van der Waals surface area (Å²) in [6.07, 6.45) is 5.14. The highest BCUT2D eigenvalue weighted by atomic mass is 16.2. The first-order valence-electron chi connectivity index (χ1n) is 9.88. The third-order valence-electron chi connectivity index (χ3n) is 5.67. The van der Waals surface area contributed by atoms with Crippen LogP contribution >= 0.6 is 0 Å². The monoisotopic (exact) mass is 382 g/mol. The van der Waals surface area contributed by atoms with E-state index in [0.29, 0.717) is 31.2 Å². The summed E-state index contributed by atoms with van der Waals surface area (Å²) in [5, 5.41) is 15.1. The molecule has 3 rings (SSSR count). The Morgan fingerprint density at radius 2 is 1.89 bits per heavy atom. The minimum Gasteiger partial charge on any atom is -0.336 e. The number of imide groups is 1. The molecule has 1 aromatic carbocycles. The summed E-state index contributed by atoms with van der Waals surface area (Å²) in [7, 11) is 0. The van der Waals surface area contributed by atoms with Gasteiger partial charge in [0.15, 0.2) is 0 Å². The number of nitrogens with one attached hydrogen (secondary N) is 2. The Kier molecular flexibility index (Phi) is 5.68. The molecule has 0 bridgehead atoms. The van der Waals surface area contributed by atoms with E-state index in [-0.39, 0.29) is 6.54 Å². The quantitative estimate of drug-likeness (QED) is 0.738. The largest absolute Gasteiger partial charge is 0.336 e. The normalized spacial score (nSPS) is 23.8. The molecular weight excluding hydrogens is 356 g/mol. The minimum atomic E-state index is -1.15. The zero-order valence-corrected chi connectivity index (χ0v) is 16.2. The predicted molar refractivity (Wildman–Crippen MR) is 103 cm³/mol. The molecule has 1 aromatic rings. The lowest BCUT2D eigenvalue weighted by Crippen LogP contribution is -2.52. The van der Waals surface area contributed by atoms with Gasteiger partial charge in [0.05, 0.1) is 6.07 Å². The van der Waals surface area contributed by atoms with Crippen molar-refractivity contribution in [1.82, 2.24) is 15.5 Å². The van der Waals surface area contributed by atoms with Crippen LogP contribution in [-0.4, -0.2) is 34.8 Å². The van der Waals surface area contributed by atoms with E-state index in [1.807, 2.05) is 37.3 Å². The highest BCUT2D eigenvalue weighted by Gasteiger charge is 2.52. The van der Waals surface area contributed by atoms with Crippen molar-refractivity contribution in [2.45, 2.75) is 62.9 Å². The van der Waals surface area contributed by atoms with E-state index in [2.05, 4.69) is 16.7 Å². The lowest BCUT2D eigenvalue weighted by atomic mass is 9.83. The van der Waals surface area contributed by atoms with Crippen LogP contribution < -0.4 is 10.6 Å². The van der Waals surface area contributed by atoms with Gasteiger partial charge in [0.25, 0.3) is 5.91 Å². The number of nitrogens with zero attached hydrogens (tertiary/aromatic N) is 2. The van der Waals surface area contributed by atoms with E-state index in [1.54, 1.807) is 0 Å². The van der Waals surface area contributed by atoms with E-state index >= 15 is 0 Å². The fraction of sp³-hybridized carbons (Fsp3) is 0.524. The molecular formula is C21H26N4O3. The molecule has 7 heteroatoms. The third kappa shape index (κ3) is 3.59. The van der Waals surface area contributed by atoms with Gasteiger partial charge in [-0.25, -0.2) is 4.79 Å². The number of rotatable bonds is 6. The molecule has 0 radical (unpaired) electrons. The van der Waals surface area contributed by atoms with Crippen molar-refractivity contribution in [3.05, 3.63) is 35.9 Å². The summed E-state index contributed by atoms with van der Waals surface area (Å²) >= 11 is 0. The number of hydrogen-bond donors (Lipinski definition) is 2. The summed E-state index contributed by atoms with van der Waals surface area (Å²) < 4.78 is 0. The number of carbonyl (C=O) groups is 3. The SMILES string of the molecule is CCC[C@@]1(c2ccccc2)NC(=O)N(CC(=O)NC2(C#N)CCCCC2)C1=O. The molecule has 1 saturated heterocycles. The zero-order valence-electron chi connectivity index (χ0n) is 16.2. The Morgan fingerprint density at radius 3 is 2.50 bits per heavy atom. The molecule has 28 heavy (non-hydrogen) atoms. The second-order valence-electron chi connectivity index (χ2n) is 7.65. The van der Waals surface area contributed by atoms with Crippen LogP contribution in [0.4, 0.5) is 4.79 Å². The fourth-order valence-corrected chi connectivity index (χ4v) is 4.25. The fourth-order valence-electron chi connectivity index (χ4n) is 4.25. The third-order valence-corrected chi connectivity index (χ3v) is 5.67. The van der Waals surface area contributed by atoms with Crippen LogP contribution in [0.2, 0.25) is 0 Å². The van der Waals surface area contributed by atoms with Gasteiger partial charge in [0, 0.05) is 0 Å². The summed E-state index contributed by atoms with van der Waals surface area (Å²) in [4.78, 5) is 39.3. The number of hydrogen-bond acceptors (Lipinski definition) is 4. The number of carbonyl (C=O) groups excluding carboxylic acids is 3. The highest BCUT2D eigenvalue weighted by Crippen LogP contribution is 2.33. The van der Waals surface area contributed by atoms with Crippen LogP contribution in [0.15, 0.2) is 30.3 Å². The number of benzene rings is 1. The second-order valence-corrected chi connectivity index (χ2v) is 7.65. The highest BCUT2D eigenvalue weighted by molar-refractivity contribution is 6.09. The second kappa shape index (κ2) is 8.01. The molecule has 0 aromatic heterocycles. The number of nitriles is 1. The lowest BCUT2D eigenvalue weighted by molar-refractivity contribution is -0.136. The van der Waals surface area contributed by atoms with Gasteiger partial charge >= 0.3 is 6.03 Å². The maximum absolute atomic E-state index is 13.2. The van der Waals surface area contributed by atoms with E-state index in [4.69, 9.17) is 0 Å². The molecule has 2 aliphatic rings. The summed E-state index contributed by atoms with van der Waals surface area (Å²) in [5.74, 6) is -0.900. The first kappa shape index (κ1) is 19.9. The van der Waals surface area contributed by atoms with Crippen molar-refractivity contribution in [2.75, 3.05) is 6.54 Å². The Labute approximate surface area is 165 Å². The molecule has 1 atom stereocenters. The molecule has 2 fully saturated rings.